The molecular formula is C18H18NO4-. The van der Waals surface area contributed by atoms with Crippen LogP contribution in [0.1, 0.15) is 22.8 Å². The molecule has 23 heavy (non-hydrogen) atoms. The quantitative estimate of drug-likeness (QED) is 0.832. The van der Waals surface area contributed by atoms with E-state index in [0.29, 0.717) is 17.9 Å². The van der Waals surface area contributed by atoms with E-state index >= 15 is 0 Å². The zero-order valence-electron chi connectivity index (χ0n) is 12.8. The molecule has 0 spiro atoms. The van der Waals surface area contributed by atoms with Crippen molar-refractivity contribution in [2.45, 2.75) is 19.4 Å². The summed E-state index contributed by atoms with van der Waals surface area (Å²) < 4.78 is 5.16. The van der Waals surface area contributed by atoms with Crippen LogP contribution in [0, 0.1) is 0 Å². The van der Waals surface area contributed by atoms with Crippen molar-refractivity contribution in [3.8, 4) is 5.75 Å². The van der Waals surface area contributed by atoms with Crippen molar-refractivity contribution in [3.63, 3.8) is 0 Å². The third kappa shape index (κ3) is 5.14. The molecule has 5 nitrogen and oxygen atoms in total. The summed E-state index contributed by atoms with van der Waals surface area (Å²) in [5.74, 6) is -1.09. The lowest BCUT2D eigenvalue weighted by atomic mass is 10.1. The Hall–Kier alpha value is -2.82. The maximum Gasteiger partial charge on any atom is 0.251 e. The Morgan fingerprint density at radius 2 is 1.74 bits per heavy atom. The standard InChI is InChI=1S/C18H19NO4/c1-13(18(21)22)23-16-9-7-15(8-10-16)17(20)19-12-11-14-5-3-2-4-6-14/h2-10,13H,11-12H2,1H3,(H,19,20)(H,21,22)/p-1/t13-/m1/s1. The van der Waals surface area contributed by atoms with Crippen molar-refractivity contribution in [1.29, 1.82) is 0 Å². The second-order valence-corrected chi connectivity index (χ2v) is 5.09. The van der Waals surface area contributed by atoms with E-state index in [-0.39, 0.29) is 5.91 Å². The van der Waals surface area contributed by atoms with E-state index in [1.165, 1.54) is 6.92 Å². The van der Waals surface area contributed by atoms with Crippen molar-refractivity contribution in [1.82, 2.24) is 5.32 Å². The molecule has 2 aromatic carbocycles. The van der Waals surface area contributed by atoms with Crippen LogP contribution in [0.15, 0.2) is 54.6 Å². The van der Waals surface area contributed by atoms with Crippen LogP contribution >= 0.6 is 0 Å². The molecule has 0 saturated carbocycles. The normalized spacial score (nSPS) is 11.5. The Morgan fingerprint density at radius 3 is 2.35 bits per heavy atom. The molecule has 0 aliphatic rings. The number of carboxylic acid groups (broad SMARTS) is 1. The molecule has 0 aliphatic heterocycles. The molecule has 1 N–H and O–H groups in total. The van der Waals surface area contributed by atoms with Gasteiger partial charge < -0.3 is 20.0 Å². The molecule has 1 amide bonds. The predicted octanol–water partition coefficient (Wildman–Crippen LogP) is 1.18. The molecule has 0 bridgehead atoms. The number of ether oxygens (including phenoxy) is 1. The highest BCUT2D eigenvalue weighted by atomic mass is 16.5. The minimum Gasteiger partial charge on any atom is -0.546 e. The topological polar surface area (TPSA) is 78.5 Å². The Kier molecular flexibility index (Phi) is 5.74. The van der Waals surface area contributed by atoms with Crippen molar-refractivity contribution >= 4 is 11.9 Å². The molecule has 1 atom stereocenters. The average molecular weight is 312 g/mol. The first-order valence-corrected chi connectivity index (χ1v) is 7.36. The summed E-state index contributed by atoms with van der Waals surface area (Å²) in [6.45, 7) is 1.93. The summed E-state index contributed by atoms with van der Waals surface area (Å²) in [7, 11) is 0. The number of carbonyl (C=O) groups is 2. The van der Waals surface area contributed by atoms with Gasteiger partial charge in [-0.15, -0.1) is 0 Å². The predicted molar refractivity (Wildman–Crippen MR) is 84.0 cm³/mol. The number of nitrogens with one attached hydrogen (secondary N) is 1. The number of benzene rings is 2. The zero-order chi connectivity index (χ0) is 16.7. The van der Waals surface area contributed by atoms with Crippen LogP contribution in [0.25, 0.3) is 0 Å². The molecule has 0 radical (unpaired) electrons. The van der Waals surface area contributed by atoms with Crippen LogP contribution in [0.4, 0.5) is 0 Å². The first kappa shape index (κ1) is 16.5. The minimum absolute atomic E-state index is 0.180. The smallest absolute Gasteiger partial charge is 0.251 e. The van der Waals surface area contributed by atoms with Crippen LogP contribution < -0.4 is 15.2 Å². The van der Waals surface area contributed by atoms with E-state index < -0.39 is 12.1 Å². The van der Waals surface area contributed by atoms with Crippen LogP contribution in [0.2, 0.25) is 0 Å². The van der Waals surface area contributed by atoms with Gasteiger partial charge in [-0.1, -0.05) is 30.3 Å². The molecule has 0 heterocycles. The van der Waals surface area contributed by atoms with Gasteiger partial charge in [-0.3, -0.25) is 4.79 Å². The summed E-state index contributed by atoms with van der Waals surface area (Å²) >= 11 is 0. The number of rotatable bonds is 7. The number of hydrogen-bond donors (Lipinski definition) is 1. The number of carbonyl (C=O) groups excluding carboxylic acids is 2. The highest BCUT2D eigenvalue weighted by molar-refractivity contribution is 5.94. The molecular weight excluding hydrogens is 294 g/mol. The van der Waals surface area contributed by atoms with Gasteiger partial charge in [0.1, 0.15) is 11.9 Å². The van der Waals surface area contributed by atoms with Gasteiger partial charge in [-0.05, 0) is 43.2 Å². The highest BCUT2D eigenvalue weighted by Gasteiger charge is 2.07. The van der Waals surface area contributed by atoms with Gasteiger partial charge in [0.15, 0.2) is 0 Å². The van der Waals surface area contributed by atoms with Gasteiger partial charge in [0, 0.05) is 12.1 Å². The molecule has 5 heteroatoms. The third-order valence-electron chi connectivity index (χ3n) is 3.30. The molecule has 0 aromatic heterocycles. The molecule has 0 unspecified atom stereocenters. The summed E-state index contributed by atoms with van der Waals surface area (Å²) in [4.78, 5) is 22.6. The summed E-state index contributed by atoms with van der Waals surface area (Å²) in [6, 6.07) is 16.2. The second kappa shape index (κ2) is 7.98. The SMILES string of the molecule is C[C@@H](Oc1ccc(C(=O)NCCc2ccccc2)cc1)C(=O)[O-]. The van der Waals surface area contributed by atoms with E-state index in [4.69, 9.17) is 4.74 Å². The van der Waals surface area contributed by atoms with E-state index in [9.17, 15) is 14.7 Å². The minimum atomic E-state index is -1.28. The van der Waals surface area contributed by atoms with Gasteiger partial charge in [0.05, 0.1) is 5.97 Å². The summed E-state index contributed by atoms with van der Waals surface area (Å²) in [5, 5.41) is 13.5. The fourth-order valence-electron chi connectivity index (χ4n) is 2.00. The van der Waals surface area contributed by atoms with E-state index in [2.05, 4.69) is 5.32 Å². The van der Waals surface area contributed by atoms with Crippen molar-refractivity contribution in [2.75, 3.05) is 6.54 Å². The first-order valence-electron chi connectivity index (χ1n) is 7.36. The monoisotopic (exact) mass is 312 g/mol. The molecule has 0 fully saturated rings. The maximum absolute atomic E-state index is 12.0. The largest absolute Gasteiger partial charge is 0.546 e. The third-order valence-corrected chi connectivity index (χ3v) is 3.30. The van der Waals surface area contributed by atoms with Gasteiger partial charge in [-0.2, -0.15) is 0 Å². The van der Waals surface area contributed by atoms with Crippen molar-refractivity contribution < 1.29 is 19.4 Å². The van der Waals surface area contributed by atoms with Crippen LogP contribution in [0.5, 0.6) is 5.75 Å². The van der Waals surface area contributed by atoms with Crippen LogP contribution in [0.3, 0.4) is 0 Å². The lowest BCUT2D eigenvalue weighted by molar-refractivity contribution is -0.312. The summed E-state index contributed by atoms with van der Waals surface area (Å²) in [5.41, 5.74) is 1.65. The number of amides is 1. The lowest BCUT2D eigenvalue weighted by Crippen LogP contribution is -2.37. The van der Waals surface area contributed by atoms with Crippen LogP contribution in [-0.2, 0) is 11.2 Å². The number of aliphatic carboxylic acids is 1. The lowest BCUT2D eigenvalue weighted by Gasteiger charge is -2.15. The first-order chi connectivity index (χ1) is 11.1. The van der Waals surface area contributed by atoms with Gasteiger partial charge >= 0.3 is 0 Å². The van der Waals surface area contributed by atoms with Gasteiger partial charge in [-0.25, -0.2) is 0 Å². The fraction of sp³-hybridized carbons (Fsp3) is 0.222. The molecule has 2 aromatic rings. The van der Waals surface area contributed by atoms with Crippen LogP contribution in [-0.4, -0.2) is 24.5 Å². The Bertz CT molecular complexity index is 652. The maximum atomic E-state index is 12.0. The van der Waals surface area contributed by atoms with E-state index in [1.807, 2.05) is 30.3 Å². The number of hydrogen-bond acceptors (Lipinski definition) is 4. The fourth-order valence-corrected chi connectivity index (χ4v) is 2.00. The molecule has 0 aliphatic carbocycles. The molecule has 0 saturated heterocycles. The average Bonchev–Trinajstić information content (AvgIpc) is 2.56. The Labute approximate surface area is 134 Å². The van der Waals surface area contributed by atoms with Crippen molar-refractivity contribution in [3.05, 3.63) is 65.7 Å². The molecule has 2 rings (SSSR count). The van der Waals surface area contributed by atoms with Crippen molar-refractivity contribution in [2.24, 2.45) is 0 Å². The summed E-state index contributed by atoms with van der Waals surface area (Å²) in [6.07, 6.45) is -0.280. The highest BCUT2D eigenvalue weighted by Crippen LogP contribution is 2.13. The van der Waals surface area contributed by atoms with Gasteiger partial charge in [0.2, 0.25) is 0 Å². The molecule has 120 valence electrons. The van der Waals surface area contributed by atoms with Gasteiger partial charge in [0.25, 0.3) is 5.91 Å². The second-order valence-electron chi connectivity index (χ2n) is 5.09. The zero-order valence-corrected chi connectivity index (χ0v) is 12.8. The number of carboxylic acids is 1. The Morgan fingerprint density at radius 1 is 1.09 bits per heavy atom. The van der Waals surface area contributed by atoms with E-state index in [1.54, 1.807) is 24.3 Å². The Balaban J connectivity index is 1.84. The van der Waals surface area contributed by atoms with E-state index in [0.717, 1.165) is 12.0 Å².